The Hall–Kier alpha value is -1.63. The van der Waals surface area contributed by atoms with Gasteiger partial charge >= 0.3 is 7.75 Å². The fraction of sp³-hybridized carbons (Fsp3) is 0.586. The van der Waals surface area contributed by atoms with Crippen LogP contribution in [0.25, 0.3) is 0 Å². The number of hydrogen-bond acceptors (Lipinski definition) is 7. The van der Waals surface area contributed by atoms with Crippen LogP contribution in [0.4, 0.5) is 0 Å². The van der Waals surface area contributed by atoms with Crippen molar-refractivity contribution >= 4 is 27.8 Å². The predicted octanol–water partition coefficient (Wildman–Crippen LogP) is 5.43. The van der Waals surface area contributed by atoms with Crippen LogP contribution in [0.3, 0.4) is 0 Å². The van der Waals surface area contributed by atoms with Crippen molar-refractivity contribution in [1.29, 1.82) is 0 Å². The smallest absolute Gasteiger partial charge is 0.297 e. The quantitative estimate of drug-likeness (QED) is 0.333. The van der Waals surface area contributed by atoms with E-state index in [2.05, 4.69) is 0 Å². The lowest BCUT2D eigenvalue weighted by molar-refractivity contribution is 0.163. The first-order chi connectivity index (χ1) is 19.9. The molecule has 0 spiro atoms. The molecule has 2 aromatic carbocycles. The zero-order valence-corrected chi connectivity index (χ0v) is 27.8. The third-order valence-corrected chi connectivity index (χ3v) is 13.3. The van der Waals surface area contributed by atoms with Gasteiger partial charge in [0.1, 0.15) is 0 Å². The van der Waals surface area contributed by atoms with Crippen LogP contribution in [0.5, 0.6) is 0 Å². The maximum atomic E-state index is 13.8. The summed E-state index contributed by atoms with van der Waals surface area (Å²) in [5.74, 6) is 0. The maximum absolute atomic E-state index is 13.8. The molecule has 0 aliphatic carbocycles. The van der Waals surface area contributed by atoms with E-state index >= 15 is 0 Å². The second-order valence-electron chi connectivity index (χ2n) is 10.5. The molecule has 0 atom stereocenters. The second kappa shape index (κ2) is 15.9. The molecule has 0 bridgehead atoms. The normalized spacial score (nSPS) is 18.5. The van der Waals surface area contributed by atoms with Gasteiger partial charge in [-0.25, -0.2) is 26.1 Å². The number of nitrogens with zero attached hydrogens (tertiary/aromatic N) is 3. The molecule has 1 heterocycles. The zero-order valence-electron chi connectivity index (χ0n) is 25.3. The van der Waals surface area contributed by atoms with Crippen molar-refractivity contribution in [1.82, 2.24) is 13.3 Å². The van der Waals surface area contributed by atoms with Gasteiger partial charge in [-0.1, -0.05) is 41.8 Å². The molecule has 0 saturated carbocycles. The van der Waals surface area contributed by atoms with Crippen LogP contribution in [0, 0.1) is 13.8 Å². The van der Waals surface area contributed by atoms with Gasteiger partial charge in [-0.15, -0.1) is 0 Å². The van der Waals surface area contributed by atoms with Crippen LogP contribution in [0.15, 0.2) is 58.3 Å². The lowest BCUT2D eigenvalue weighted by atomic mass is 10.2. The van der Waals surface area contributed by atoms with E-state index in [4.69, 9.17) is 9.05 Å². The third-order valence-electron chi connectivity index (χ3n) is 7.21. The van der Waals surface area contributed by atoms with Crippen LogP contribution in [-0.4, -0.2) is 82.6 Å². The number of benzene rings is 2. The molecule has 1 aliphatic heterocycles. The molecule has 2 aromatic rings. The fourth-order valence-corrected chi connectivity index (χ4v) is 9.78. The topological polar surface area (TPSA) is 114 Å². The molecular weight excluding hydrogens is 597 g/mol. The van der Waals surface area contributed by atoms with E-state index in [9.17, 15) is 21.4 Å². The van der Waals surface area contributed by atoms with Gasteiger partial charge in [0.25, 0.3) is 0 Å². The van der Waals surface area contributed by atoms with Gasteiger partial charge in [0.05, 0.1) is 23.0 Å². The molecule has 0 N–H and O–H groups in total. The van der Waals surface area contributed by atoms with Crippen LogP contribution >= 0.6 is 7.75 Å². The van der Waals surface area contributed by atoms with E-state index in [1.54, 1.807) is 67.0 Å². The van der Waals surface area contributed by atoms with Crippen LogP contribution < -0.4 is 0 Å². The number of hydrogen-bond donors (Lipinski definition) is 0. The zero-order chi connectivity index (χ0) is 30.8. The average molecular weight is 644 g/mol. The highest BCUT2D eigenvalue weighted by molar-refractivity contribution is 7.89. The Morgan fingerprint density at radius 3 is 1.31 bits per heavy atom. The van der Waals surface area contributed by atoms with Crippen LogP contribution in [-0.2, 0) is 33.7 Å². The minimum atomic E-state index is -3.75. The minimum absolute atomic E-state index is 0.176. The molecule has 0 unspecified atom stereocenters. The molecule has 0 radical (unpaired) electrons. The van der Waals surface area contributed by atoms with Crippen LogP contribution in [0.2, 0.25) is 0 Å². The van der Waals surface area contributed by atoms with Crippen molar-refractivity contribution in [2.24, 2.45) is 0 Å². The van der Waals surface area contributed by atoms with Crippen LogP contribution in [0.1, 0.15) is 57.1 Å². The lowest BCUT2D eigenvalue weighted by Crippen LogP contribution is -2.37. The van der Waals surface area contributed by atoms with Gasteiger partial charge in [0, 0.05) is 39.3 Å². The van der Waals surface area contributed by atoms with Gasteiger partial charge in [-0.05, 0) is 77.6 Å². The summed E-state index contributed by atoms with van der Waals surface area (Å²) in [6.07, 6.45) is 2.66. The SMILES string of the molecule is CCOP(=O)(OCC)N1CCCN(S(=O)(=O)c2ccc(C)cc2)CCCCCN(S(=O)(=O)c2ccc(C)cc2)CCC1. The van der Waals surface area contributed by atoms with Gasteiger partial charge in [-0.3, -0.25) is 9.05 Å². The maximum Gasteiger partial charge on any atom is 0.408 e. The summed E-state index contributed by atoms with van der Waals surface area (Å²) in [7, 11) is -11.2. The van der Waals surface area contributed by atoms with E-state index in [1.165, 1.54) is 8.61 Å². The second-order valence-corrected chi connectivity index (χ2v) is 16.4. The molecule has 3 rings (SSSR count). The van der Waals surface area contributed by atoms with Gasteiger partial charge in [0.2, 0.25) is 20.0 Å². The summed E-state index contributed by atoms with van der Waals surface area (Å²) < 4.78 is 84.0. The van der Waals surface area contributed by atoms with Gasteiger partial charge in [-0.2, -0.15) is 8.61 Å². The van der Waals surface area contributed by atoms with E-state index in [0.717, 1.165) is 11.1 Å². The largest absolute Gasteiger partial charge is 0.408 e. The summed E-state index contributed by atoms with van der Waals surface area (Å²) in [5.41, 5.74) is 1.94. The molecule has 13 heteroatoms. The molecule has 42 heavy (non-hydrogen) atoms. The summed E-state index contributed by atoms with van der Waals surface area (Å²) in [6.45, 7) is 9.27. The first kappa shape index (κ1) is 34.9. The molecule has 10 nitrogen and oxygen atoms in total. The molecule has 0 aromatic heterocycles. The number of sulfonamides is 2. The first-order valence-corrected chi connectivity index (χ1v) is 19.1. The highest BCUT2D eigenvalue weighted by atomic mass is 32.2. The van der Waals surface area contributed by atoms with Gasteiger partial charge in [0.15, 0.2) is 0 Å². The molecule has 0 amide bonds. The van der Waals surface area contributed by atoms with Gasteiger partial charge < -0.3 is 0 Å². The number of aryl methyl sites for hydroxylation is 2. The highest BCUT2D eigenvalue weighted by Gasteiger charge is 2.34. The highest BCUT2D eigenvalue weighted by Crippen LogP contribution is 2.52. The molecule has 1 fully saturated rings. The van der Waals surface area contributed by atoms with Crippen molar-refractivity contribution in [2.75, 3.05) is 52.5 Å². The fourth-order valence-electron chi connectivity index (χ4n) is 4.92. The van der Waals surface area contributed by atoms with Crippen molar-refractivity contribution in [3.8, 4) is 0 Å². The molecule has 1 aliphatic rings. The van der Waals surface area contributed by atoms with Crippen molar-refractivity contribution in [2.45, 2.75) is 69.6 Å². The molecule has 236 valence electrons. The Kier molecular flexibility index (Phi) is 13.2. The Balaban J connectivity index is 1.90. The number of rotatable bonds is 9. The predicted molar refractivity (Wildman–Crippen MR) is 165 cm³/mol. The van der Waals surface area contributed by atoms with Crippen molar-refractivity contribution < 1.29 is 30.4 Å². The minimum Gasteiger partial charge on any atom is -0.297 e. The Bertz CT molecular complexity index is 1280. The standard InChI is InChI=1S/C29H46N3O7PS2/c1-5-38-40(33,39-6-2)30-20-10-24-31(41(34,35)28-16-12-26(3)13-17-28)22-8-7-9-23-32(25-11-21-30)42(36,37)29-18-14-27(4)15-19-29/h12-19H,5-11,20-25H2,1-4H3. The third kappa shape index (κ3) is 9.19. The summed E-state index contributed by atoms with van der Waals surface area (Å²) in [4.78, 5) is 0.464. The lowest BCUT2D eigenvalue weighted by Gasteiger charge is -2.32. The van der Waals surface area contributed by atoms with E-state index in [-0.39, 0.29) is 49.2 Å². The summed E-state index contributed by atoms with van der Waals surface area (Å²) in [6, 6.07) is 13.6. The monoisotopic (exact) mass is 643 g/mol. The van der Waals surface area contributed by atoms with E-state index < -0.39 is 27.8 Å². The summed E-state index contributed by atoms with van der Waals surface area (Å²) in [5, 5.41) is 0. The molecular formula is C29H46N3O7PS2. The first-order valence-electron chi connectivity index (χ1n) is 14.7. The summed E-state index contributed by atoms with van der Waals surface area (Å²) >= 11 is 0. The Labute approximate surface area is 252 Å². The molecule has 1 saturated heterocycles. The Morgan fingerprint density at radius 1 is 0.595 bits per heavy atom. The van der Waals surface area contributed by atoms with E-state index in [0.29, 0.717) is 45.2 Å². The van der Waals surface area contributed by atoms with Crippen molar-refractivity contribution in [3.05, 3.63) is 59.7 Å². The Morgan fingerprint density at radius 2 is 0.952 bits per heavy atom. The van der Waals surface area contributed by atoms with Crippen molar-refractivity contribution in [3.63, 3.8) is 0 Å². The average Bonchev–Trinajstić information content (AvgIpc) is 2.94. The van der Waals surface area contributed by atoms with E-state index in [1.807, 2.05) is 13.8 Å².